The topological polar surface area (TPSA) is 44.4 Å². The fraction of sp³-hybridized carbons (Fsp3) is 0.952. The molecule has 4 heteroatoms. The van der Waals surface area contributed by atoms with Crippen molar-refractivity contribution in [1.82, 2.24) is 15.5 Å². The van der Waals surface area contributed by atoms with Gasteiger partial charge in [0.2, 0.25) is 5.91 Å². The number of nitrogens with one attached hydrogen (secondary N) is 2. The molecule has 0 aromatic rings. The summed E-state index contributed by atoms with van der Waals surface area (Å²) in [6.45, 7) is 16.8. The van der Waals surface area contributed by atoms with E-state index < -0.39 is 0 Å². The van der Waals surface area contributed by atoms with Crippen molar-refractivity contribution in [1.29, 1.82) is 0 Å². The van der Waals surface area contributed by atoms with Crippen molar-refractivity contribution in [3.05, 3.63) is 0 Å². The van der Waals surface area contributed by atoms with Crippen molar-refractivity contribution in [2.45, 2.75) is 98.2 Å². The van der Waals surface area contributed by atoms with E-state index in [4.69, 9.17) is 0 Å². The largest absolute Gasteiger partial charge is 0.353 e. The lowest BCUT2D eigenvalue weighted by Gasteiger charge is -2.36. The van der Waals surface area contributed by atoms with E-state index >= 15 is 0 Å². The molecule has 1 unspecified atom stereocenters. The Morgan fingerprint density at radius 1 is 1.00 bits per heavy atom. The smallest absolute Gasteiger partial charge is 0.220 e. The zero-order chi connectivity index (χ0) is 18.8. The van der Waals surface area contributed by atoms with E-state index in [1.807, 2.05) is 0 Å². The minimum absolute atomic E-state index is 0.227. The maximum absolute atomic E-state index is 11.9. The minimum Gasteiger partial charge on any atom is -0.353 e. The van der Waals surface area contributed by atoms with Gasteiger partial charge in [-0.15, -0.1) is 0 Å². The van der Waals surface area contributed by atoms with Crippen molar-refractivity contribution in [3.63, 3.8) is 0 Å². The lowest BCUT2D eigenvalue weighted by Crippen LogP contribution is -2.47. The number of hydrogen-bond acceptors (Lipinski definition) is 3. The lowest BCUT2D eigenvalue weighted by atomic mass is 9.96. The van der Waals surface area contributed by atoms with Gasteiger partial charge >= 0.3 is 0 Å². The van der Waals surface area contributed by atoms with Crippen LogP contribution < -0.4 is 10.6 Å². The minimum atomic E-state index is 0.227. The zero-order valence-electron chi connectivity index (χ0n) is 17.6. The number of piperidine rings is 1. The Labute approximate surface area is 156 Å². The SMILES string of the molecule is CC(C)CC(=O)NC1CCN(C(C)CC[C@H](C)CCNC(C)C)CC1. The van der Waals surface area contributed by atoms with Crippen LogP contribution in [0.15, 0.2) is 0 Å². The molecule has 1 aliphatic heterocycles. The number of hydrogen-bond donors (Lipinski definition) is 2. The monoisotopic (exact) mass is 353 g/mol. The average Bonchev–Trinajstić information content (AvgIpc) is 2.52. The maximum atomic E-state index is 11.9. The molecule has 0 aromatic heterocycles. The molecule has 0 bridgehead atoms. The van der Waals surface area contributed by atoms with Crippen LogP contribution in [0, 0.1) is 11.8 Å². The number of carbonyl (C=O) groups is 1. The van der Waals surface area contributed by atoms with Crippen LogP contribution >= 0.6 is 0 Å². The summed E-state index contributed by atoms with van der Waals surface area (Å²) in [6, 6.07) is 1.64. The fourth-order valence-electron chi connectivity index (χ4n) is 3.61. The predicted molar refractivity (Wildman–Crippen MR) is 108 cm³/mol. The molecule has 1 heterocycles. The average molecular weight is 354 g/mol. The van der Waals surface area contributed by atoms with Crippen molar-refractivity contribution in [3.8, 4) is 0 Å². The van der Waals surface area contributed by atoms with Gasteiger partial charge in [0, 0.05) is 37.6 Å². The molecule has 2 atom stereocenters. The highest BCUT2D eigenvalue weighted by Crippen LogP contribution is 2.19. The molecule has 1 saturated heterocycles. The van der Waals surface area contributed by atoms with Crippen molar-refractivity contribution < 1.29 is 4.79 Å². The number of carbonyl (C=O) groups excluding carboxylic acids is 1. The molecule has 2 N–H and O–H groups in total. The highest BCUT2D eigenvalue weighted by molar-refractivity contribution is 5.76. The Kier molecular flexibility index (Phi) is 10.7. The molecule has 0 aliphatic carbocycles. The first-order valence-corrected chi connectivity index (χ1v) is 10.5. The first-order valence-electron chi connectivity index (χ1n) is 10.5. The van der Waals surface area contributed by atoms with Crippen molar-refractivity contribution in [2.24, 2.45) is 11.8 Å². The van der Waals surface area contributed by atoms with Gasteiger partial charge in [0.05, 0.1) is 0 Å². The zero-order valence-corrected chi connectivity index (χ0v) is 17.6. The van der Waals surface area contributed by atoms with E-state index in [9.17, 15) is 4.79 Å². The van der Waals surface area contributed by atoms with Crippen LogP contribution in [-0.4, -0.2) is 48.6 Å². The molecule has 0 spiro atoms. The first-order chi connectivity index (χ1) is 11.8. The Bertz CT molecular complexity index is 362. The van der Waals surface area contributed by atoms with Crippen LogP contribution in [0.25, 0.3) is 0 Å². The lowest BCUT2D eigenvalue weighted by molar-refractivity contribution is -0.122. The van der Waals surface area contributed by atoms with Crippen LogP contribution in [0.3, 0.4) is 0 Å². The van der Waals surface area contributed by atoms with Crippen molar-refractivity contribution in [2.75, 3.05) is 19.6 Å². The summed E-state index contributed by atoms with van der Waals surface area (Å²) in [5.41, 5.74) is 0. The van der Waals surface area contributed by atoms with Crippen LogP contribution in [0.1, 0.15) is 80.1 Å². The van der Waals surface area contributed by atoms with Crippen LogP contribution in [0.2, 0.25) is 0 Å². The quantitative estimate of drug-likeness (QED) is 0.594. The van der Waals surface area contributed by atoms with E-state index in [2.05, 4.69) is 57.1 Å². The molecular formula is C21H43N3O. The molecule has 1 aliphatic rings. The molecule has 25 heavy (non-hydrogen) atoms. The second-order valence-electron chi connectivity index (χ2n) is 8.90. The van der Waals surface area contributed by atoms with E-state index in [-0.39, 0.29) is 5.91 Å². The van der Waals surface area contributed by atoms with Gasteiger partial charge in [-0.05, 0) is 57.4 Å². The second kappa shape index (κ2) is 11.9. The summed E-state index contributed by atoms with van der Waals surface area (Å²) in [5, 5.41) is 6.73. The second-order valence-corrected chi connectivity index (χ2v) is 8.90. The molecule has 1 rings (SSSR count). The molecule has 0 radical (unpaired) electrons. The van der Waals surface area contributed by atoms with Crippen molar-refractivity contribution >= 4 is 5.91 Å². The van der Waals surface area contributed by atoms with E-state index in [1.165, 1.54) is 19.3 Å². The van der Waals surface area contributed by atoms with E-state index in [0.29, 0.717) is 30.5 Å². The third kappa shape index (κ3) is 10.2. The molecule has 0 aromatic carbocycles. The summed E-state index contributed by atoms with van der Waals surface area (Å²) in [7, 11) is 0. The van der Waals surface area contributed by atoms with Crippen LogP contribution in [0.4, 0.5) is 0 Å². The van der Waals surface area contributed by atoms with Gasteiger partial charge in [0.1, 0.15) is 0 Å². The molecule has 1 fully saturated rings. The maximum Gasteiger partial charge on any atom is 0.220 e. The van der Waals surface area contributed by atoms with E-state index in [0.717, 1.165) is 38.4 Å². The Hall–Kier alpha value is -0.610. The van der Waals surface area contributed by atoms with E-state index in [1.54, 1.807) is 0 Å². The summed E-state index contributed by atoms with van der Waals surface area (Å²) >= 11 is 0. The first kappa shape index (κ1) is 22.4. The summed E-state index contributed by atoms with van der Waals surface area (Å²) in [4.78, 5) is 14.5. The summed E-state index contributed by atoms with van der Waals surface area (Å²) in [6.07, 6.45) is 6.72. The Morgan fingerprint density at radius 3 is 2.20 bits per heavy atom. The molecule has 4 nitrogen and oxygen atoms in total. The van der Waals surface area contributed by atoms with Gasteiger partial charge in [-0.25, -0.2) is 0 Å². The van der Waals surface area contributed by atoms with Gasteiger partial charge < -0.3 is 15.5 Å². The molecule has 148 valence electrons. The van der Waals surface area contributed by atoms with Gasteiger partial charge in [-0.3, -0.25) is 4.79 Å². The normalized spacial score (nSPS) is 19.4. The van der Waals surface area contributed by atoms with Crippen LogP contribution in [0.5, 0.6) is 0 Å². The highest BCUT2D eigenvalue weighted by atomic mass is 16.1. The van der Waals surface area contributed by atoms with Gasteiger partial charge in [0.25, 0.3) is 0 Å². The third-order valence-corrected chi connectivity index (χ3v) is 5.38. The summed E-state index contributed by atoms with van der Waals surface area (Å²) < 4.78 is 0. The molecule has 0 saturated carbocycles. The van der Waals surface area contributed by atoms with Gasteiger partial charge in [-0.2, -0.15) is 0 Å². The fourth-order valence-corrected chi connectivity index (χ4v) is 3.61. The number of nitrogens with zero attached hydrogens (tertiary/aromatic N) is 1. The van der Waals surface area contributed by atoms with Gasteiger partial charge in [0.15, 0.2) is 0 Å². The van der Waals surface area contributed by atoms with Gasteiger partial charge in [-0.1, -0.05) is 34.6 Å². The third-order valence-electron chi connectivity index (χ3n) is 5.38. The molecular weight excluding hydrogens is 310 g/mol. The molecule has 1 amide bonds. The van der Waals surface area contributed by atoms with Crippen LogP contribution in [-0.2, 0) is 4.79 Å². The number of rotatable bonds is 11. The Balaban J connectivity index is 2.18. The number of amides is 1. The highest BCUT2D eigenvalue weighted by Gasteiger charge is 2.24. The number of likely N-dealkylation sites (tertiary alicyclic amines) is 1. The summed E-state index contributed by atoms with van der Waals surface area (Å²) in [5.74, 6) is 1.46. The predicted octanol–water partition coefficient (Wildman–Crippen LogP) is 3.81. The Morgan fingerprint density at radius 2 is 1.64 bits per heavy atom. The standard InChI is InChI=1S/C21H43N3O/c1-16(2)15-21(25)23-20-10-13-24(14-11-20)19(6)8-7-18(5)9-12-22-17(3)4/h16-20,22H,7-15H2,1-6H3,(H,23,25)/t18-,19?/m0/s1.